The molecule has 3 nitrogen and oxygen atoms in total. The van der Waals surface area contributed by atoms with Crippen molar-refractivity contribution in [3.8, 4) is 0 Å². The molecule has 0 rings (SSSR count). The fourth-order valence-corrected chi connectivity index (χ4v) is 0.738. The third-order valence-corrected chi connectivity index (χ3v) is 1.75. The van der Waals surface area contributed by atoms with Crippen molar-refractivity contribution < 1.29 is 4.79 Å². The van der Waals surface area contributed by atoms with Crippen molar-refractivity contribution in [2.24, 2.45) is 10.7 Å². The molecule has 5 heteroatoms. The fraction of sp³-hybridized carbons (Fsp3) is 0.143. The summed E-state index contributed by atoms with van der Waals surface area (Å²) in [6.07, 6.45) is 1.30. The smallest absolute Gasteiger partial charge is 0.245 e. The number of halogens is 2. The van der Waals surface area contributed by atoms with E-state index in [4.69, 9.17) is 28.9 Å². The van der Waals surface area contributed by atoms with Crippen molar-refractivity contribution in [2.45, 2.75) is 6.92 Å². The van der Waals surface area contributed by atoms with Gasteiger partial charge in [0.25, 0.3) is 0 Å². The van der Waals surface area contributed by atoms with Crippen LogP contribution in [0.5, 0.6) is 0 Å². The Hall–Kier alpha value is -0.800. The van der Waals surface area contributed by atoms with Gasteiger partial charge in [-0.1, -0.05) is 23.2 Å². The number of nitrogens with two attached hydrogens (primary N) is 1. The quantitative estimate of drug-likeness (QED) is 0.326. The van der Waals surface area contributed by atoms with E-state index in [1.54, 1.807) is 0 Å². The van der Waals surface area contributed by atoms with Crippen LogP contribution >= 0.6 is 23.2 Å². The predicted octanol–water partition coefficient (Wildman–Crippen LogP) is 1.77. The maximum absolute atomic E-state index is 10.6. The van der Waals surface area contributed by atoms with Gasteiger partial charge in [-0.2, -0.15) is 0 Å². The van der Waals surface area contributed by atoms with Gasteiger partial charge in [0, 0.05) is 5.57 Å². The minimum Gasteiger partial charge on any atom is -0.366 e. The number of allylic oxidation sites excluding steroid dienone is 2. The summed E-state index contributed by atoms with van der Waals surface area (Å²) in [4.78, 5) is 13.9. The lowest BCUT2D eigenvalue weighted by Crippen LogP contribution is -2.12. The molecule has 1 amide bonds. The first-order valence-corrected chi connectivity index (χ1v) is 3.74. The fourth-order valence-electron chi connectivity index (χ4n) is 0.376. The van der Waals surface area contributed by atoms with Gasteiger partial charge >= 0.3 is 0 Å². The van der Waals surface area contributed by atoms with E-state index >= 15 is 0 Å². The van der Waals surface area contributed by atoms with Crippen molar-refractivity contribution in [2.75, 3.05) is 0 Å². The molecular formula is C7H8Cl2N2O. The molecule has 0 aromatic carbocycles. The second-order valence-electron chi connectivity index (χ2n) is 1.96. The molecule has 66 valence electrons. The van der Waals surface area contributed by atoms with Crippen molar-refractivity contribution >= 4 is 35.8 Å². The molecule has 0 aliphatic carbocycles. The predicted molar refractivity (Wildman–Crippen MR) is 51.2 cm³/mol. The molecule has 0 aliphatic heterocycles. The number of hydrogen-bond donors (Lipinski definition) is 1. The van der Waals surface area contributed by atoms with Gasteiger partial charge < -0.3 is 5.73 Å². The molecule has 0 bridgehead atoms. The van der Waals surface area contributed by atoms with Crippen molar-refractivity contribution in [3.05, 3.63) is 21.8 Å². The summed E-state index contributed by atoms with van der Waals surface area (Å²) in [5.74, 6) is -0.593. The molecule has 0 atom stereocenters. The molecule has 0 saturated carbocycles. The largest absolute Gasteiger partial charge is 0.366 e. The molecule has 0 heterocycles. The Kier molecular flexibility index (Phi) is 4.62. The third kappa shape index (κ3) is 3.55. The average Bonchev–Trinajstić information content (AvgIpc) is 2.02. The Morgan fingerprint density at radius 3 is 2.42 bits per heavy atom. The lowest BCUT2D eigenvalue weighted by Gasteiger charge is -1.95. The van der Waals surface area contributed by atoms with E-state index in [1.165, 1.54) is 13.0 Å². The number of carbonyl (C=O) groups is 1. The molecule has 2 N–H and O–H groups in total. The second kappa shape index (κ2) is 4.95. The van der Waals surface area contributed by atoms with Gasteiger partial charge in [-0.05, 0) is 19.7 Å². The molecule has 0 radical (unpaired) electrons. The van der Waals surface area contributed by atoms with Crippen LogP contribution in [0.3, 0.4) is 0 Å². The summed E-state index contributed by atoms with van der Waals surface area (Å²) in [5, 5.41) is 0.278. The number of rotatable bonds is 3. The van der Waals surface area contributed by atoms with Gasteiger partial charge in [0.15, 0.2) is 0 Å². The first-order chi connectivity index (χ1) is 5.49. The van der Waals surface area contributed by atoms with Crippen LogP contribution < -0.4 is 5.73 Å². The van der Waals surface area contributed by atoms with Gasteiger partial charge in [0.1, 0.15) is 5.16 Å². The number of hydrogen-bond acceptors (Lipinski definition) is 2. The molecular weight excluding hydrogens is 199 g/mol. The molecule has 12 heavy (non-hydrogen) atoms. The summed E-state index contributed by atoms with van der Waals surface area (Å²) in [6, 6.07) is 0. The van der Waals surface area contributed by atoms with E-state index in [2.05, 4.69) is 11.7 Å². The van der Waals surface area contributed by atoms with Crippen LogP contribution in [-0.2, 0) is 4.79 Å². The summed E-state index contributed by atoms with van der Waals surface area (Å²) in [5.41, 5.74) is 5.19. The van der Waals surface area contributed by atoms with Crippen molar-refractivity contribution in [3.63, 3.8) is 0 Å². The lowest BCUT2D eigenvalue weighted by molar-refractivity contribution is -0.114. The highest BCUT2D eigenvalue weighted by Crippen LogP contribution is 2.15. The van der Waals surface area contributed by atoms with E-state index in [-0.39, 0.29) is 15.8 Å². The van der Waals surface area contributed by atoms with Crippen LogP contribution in [0.25, 0.3) is 0 Å². The number of aliphatic imine (C=N–C) groups is 1. The minimum absolute atomic E-state index is 0.112. The molecule has 0 fully saturated rings. The Morgan fingerprint density at radius 1 is 1.58 bits per heavy atom. The Labute approximate surface area is 80.6 Å². The zero-order valence-corrected chi connectivity index (χ0v) is 7.99. The molecule has 0 spiro atoms. The van der Waals surface area contributed by atoms with Gasteiger partial charge in [-0.25, -0.2) is 0 Å². The van der Waals surface area contributed by atoms with Gasteiger partial charge in [0.05, 0.1) is 5.03 Å². The molecule has 0 aliphatic rings. The first kappa shape index (κ1) is 11.2. The van der Waals surface area contributed by atoms with Crippen LogP contribution in [0.2, 0.25) is 0 Å². The van der Waals surface area contributed by atoms with Crippen LogP contribution in [0.1, 0.15) is 6.92 Å². The van der Waals surface area contributed by atoms with Crippen LogP contribution in [-0.4, -0.2) is 12.6 Å². The van der Waals surface area contributed by atoms with E-state index < -0.39 is 5.91 Å². The Bertz CT molecular complexity index is 269. The van der Waals surface area contributed by atoms with Gasteiger partial charge in [-0.15, -0.1) is 0 Å². The molecule has 0 saturated heterocycles. The number of nitrogens with zero attached hydrogens (tertiary/aromatic N) is 1. The maximum atomic E-state index is 10.6. The topological polar surface area (TPSA) is 55.4 Å². The Morgan fingerprint density at radius 2 is 2.08 bits per heavy atom. The van der Waals surface area contributed by atoms with Gasteiger partial charge in [-0.3, -0.25) is 9.79 Å². The zero-order valence-electron chi connectivity index (χ0n) is 6.47. The Balaban J connectivity index is 4.80. The maximum Gasteiger partial charge on any atom is 0.245 e. The molecule has 0 aromatic rings. The highest BCUT2D eigenvalue weighted by molar-refractivity contribution is 6.36. The minimum atomic E-state index is -0.593. The van der Waals surface area contributed by atoms with Crippen molar-refractivity contribution in [1.29, 1.82) is 0 Å². The standard InChI is InChI=1S/C7H8Cl2N2O/c1-4(7(10)12)5(8)3-6(9)11-2/h3H,2H2,1H3,(H2,10,12)/b5-4-,6-3-. The van der Waals surface area contributed by atoms with Gasteiger partial charge in [0.2, 0.25) is 5.91 Å². The monoisotopic (exact) mass is 206 g/mol. The van der Waals surface area contributed by atoms with E-state index in [0.29, 0.717) is 0 Å². The normalized spacial score (nSPS) is 13.8. The summed E-state index contributed by atoms with van der Waals surface area (Å²) >= 11 is 11.1. The van der Waals surface area contributed by atoms with E-state index in [9.17, 15) is 4.79 Å². The number of carbonyl (C=O) groups excluding carboxylic acids is 1. The van der Waals surface area contributed by atoms with E-state index in [0.717, 1.165) is 0 Å². The van der Waals surface area contributed by atoms with Crippen molar-refractivity contribution in [1.82, 2.24) is 0 Å². The number of amides is 1. The highest BCUT2D eigenvalue weighted by Gasteiger charge is 2.02. The third-order valence-electron chi connectivity index (χ3n) is 1.12. The summed E-state index contributed by atoms with van der Waals surface area (Å²) in [7, 11) is 0. The SMILES string of the molecule is C=N/C(Cl)=C\C(Cl)=C(/C)C(N)=O. The molecule has 0 aromatic heterocycles. The summed E-state index contributed by atoms with van der Waals surface area (Å²) < 4.78 is 0. The highest BCUT2D eigenvalue weighted by atomic mass is 35.5. The summed E-state index contributed by atoms with van der Waals surface area (Å²) in [6.45, 7) is 4.66. The zero-order chi connectivity index (χ0) is 9.72. The van der Waals surface area contributed by atoms with E-state index in [1.807, 2.05) is 0 Å². The number of primary amides is 1. The first-order valence-electron chi connectivity index (χ1n) is 2.99. The second-order valence-corrected chi connectivity index (χ2v) is 2.76. The molecule has 0 unspecified atom stereocenters. The van der Waals surface area contributed by atoms with Crippen LogP contribution in [0, 0.1) is 0 Å². The average molecular weight is 207 g/mol. The van der Waals surface area contributed by atoms with Crippen LogP contribution in [0.4, 0.5) is 0 Å². The lowest BCUT2D eigenvalue weighted by atomic mass is 10.2. The van der Waals surface area contributed by atoms with Crippen LogP contribution in [0.15, 0.2) is 26.8 Å².